The largest absolute Gasteiger partial charge is 0.478 e. The molecule has 0 unspecified atom stereocenters. The van der Waals surface area contributed by atoms with Gasteiger partial charge in [0.15, 0.2) is 17.3 Å². The molecule has 0 bridgehead atoms. The first-order valence-corrected chi connectivity index (χ1v) is 12.5. The highest BCUT2D eigenvalue weighted by Gasteiger charge is 2.25. The predicted molar refractivity (Wildman–Crippen MR) is 123 cm³/mol. The standard InChI is InChI=1S/C22H18F2N4O5S2/c1-2-33-20-15(9-12-3-6-14(7-4-12)35(25,31)32)19(13-5-8-16(23)17(24)10-13)27-28(20)22-26-18(11-34-22)21(29)30/h3-8,10-11H,2,9H2,1H3,(H,29,30)(H2,25,31,32). The highest BCUT2D eigenvalue weighted by Crippen LogP contribution is 2.36. The minimum Gasteiger partial charge on any atom is -0.478 e. The highest BCUT2D eigenvalue weighted by atomic mass is 32.2. The van der Waals surface area contributed by atoms with Gasteiger partial charge in [0.1, 0.15) is 5.69 Å². The summed E-state index contributed by atoms with van der Waals surface area (Å²) in [5.74, 6) is -3.08. The van der Waals surface area contributed by atoms with Gasteiger partial charge in [0.25, 0.3) is 0 Å². The zero-order valence-corrected chi connectivity index (χ0v) is 19.7. The van der Waals surface area contributed by atoms with Crippen molar-refractivity contribution in [1.29, 1.82) is 0 Å². The van der Waals surface area contributed by atoms with E-state index in [2.05, 4.69) is 10.1 Å². The molecule has 35 heavy (non-hydrogen) atoms. The number of ether oxygens (including phenoxy) is 1. The molecular formula is C22H18F2N4O5S2. The fourth-order valence-corrected chi connectivity index (χ4v) is 4.61. The van der Waals surface area contributed by atoms with E-state index in [1.807, 2.05) is 0 Å². The van der Waals surface area contributed by atoms with Gasteiger partial charge in [-0.3, -0.25) is 0 Å². The van der Waals surface area contributed by atoms with Crippen molar-refractivity contribution in [2.45, 2.75) is 18.2 Å². The Balaban J connectivity index is 1.89. The maximum atomic E-state index is 14.1. The number of halogens is 2. The molecule has 4 rings (SSSR count). The number of sulfonamides is 1. The summed E-state index contributed by atoms with van der Waals surface area (Å²) >= 11 is 1.02. The number of hydrogen-bond acceptors (Lipinski definition) is 7. The van der Waals surface area contributed by atoms with Gasteiger partial charge in [-0.15, -0.1) is 11.3 Å². The van der Waals surface area contributed by atoms with E-state index >= 15 is 0 Å². The molecule has 2 aromatic heterocycles. The van der Waals surface area contributed by atoms with E-state index in [0.717, 1.165) is 23.5 Å². The van der Waals surface area contributed by atoms with E-state index in [0.29, 0.717) is 11.1 Å². The van der Waals surface area contributed by atoms with Crippen molar-refractivity contribution >= 4 is 27.3 Å². The zero-order valence-electron chi connectivity index (χ0n) is 18.1. The maximum absolute atomic E-state index is 14.1. The summed E-state index contributed by atoms with van der Waals surface area (Å²) in [6, 6.07) is 9.16. The first-order chi connectivity index (χ1) is 16.6. The minimum absolute atomic E-state index is 0.0632. The number of nitrogens with two attached hydrogens (primary N) is 1. The van der Waals surface area contributed by atoms with Crippen LogP contribution in [0.15, 0.2) is 52.7 Å². The van der Waals surface area contributed by atoms with Gasteiger partial charge < -0.3 is 9.84 Å². The Kier molecular flexibility index (Phi) is 6.65. The molecule has 0 fully saturated rings. The Morgan fingerprint density at radius 3 is 2.46 bits per heavy atom. The summed E-state index contributed by atoms with van der Waals surface area (Å²) in [7, 11) is -3.88. The van der Waals surface area contributed by atoms with Gasteiger partial charge in [-0.2, -0.15) is 9.78 Å². The normalized spacial score (nSPS) is 11.5. The van der Waals surface area contributed by atoms with Gasteiger partial charge >= 0.3 is 5.97 Å². The van der Waals surface area contributed by atoms with Crippen LogP contribution in [0.4, 0.5) is 8.78 Å². The lowest BCUT2D eigenvalue weighted by Crippen LogP contribution is -2.11. The number of benzene rings is 2. The Hall–Kier alpha value is -3.68. The van der Waals surface area contributed by atoms with Crippen LogP contribution in [-0.4, -0.2) is 40.9 Å². The molecule has 9 nitrogen and oxygen atoms in total. The average Bonchev–Trinajstić information content (AvgIpc) is 3.42. The van der Waals surface area contributed by atoms with Crippen molar-refractivity contribution in [3.05, 3.63) is 76.3 Å². The van der Waals surface area contributed by atoms with Crippen LogP contribution >= 0.6 is 11.3 Å². The minimum atomic E-state index is -3.88. The molecule has 0 amide bonds. The third-order valence-corrected chi connectivity index (χ3v) is 6.68. The van der Waals surface area contributed by atoms with Crippen molar-refractivity contribution in [2.24, 2.45) is 5.14 Å². The number of rotatable bonds is 8. The summed E-state index contributed by atoms with van der Waals surface area (Å²) in [6.07, 6.45) is 0.172. The van der Waals surface area contributed by atoms with Crippen molar-refractivity contribution in [3.63, 3.8) is 0 Å². The van der Waals surface area contributed by atoms with Crippen LogP contribution in [0.1, 0.15) is 28.5 Å². The predicted octanol–water partition coefficient (Wildman–Crippen LogP) is 3.61. The fraction of sp³-hybridized carbons (Fsp3) is 0.136. The van der Waals surface area contributed by atoms with E-state index in [4.69, 9.17) is 9.88 Å². The van der Waals surface area contributed by atoms with E-state index in [9.17, 15) is 27.1 Å². The lowest BCUT2D eigenvalue weighted by atomic mass is 10.0. The molecule has 0 radical (unpaired) electrons. The Bertz CT molecular complexity index is 1520. The molecule has 3 N–H and O–H groups in total. The van der Waals surface area contributed by atoms with Crippen LogP contribution in [0.2, 0.25) is 0 Å². The molecule has 13 heteroatoms. The van der Waals surface area contributed by atoms with E-state index in [1.54, 1.807) is 19.1 Å². The van der Waals surface area contributed by atoms with Crippen LogP contribution in [0, 0.1) is 11.6 Å². The molecule has 0 atom stereocenters. The topological polar surface area (TPSA) is 137 Å². The molecule has 0 aliphatic heterocycles. The molecule has 0 aliphatic carbocycles. The van der Waals surface area contributed by atoms with Gasteiger partial charge in [0, 0.05) is 22.9 Å². The van der Waals surface area contributed by atoms with E-state index < -0.39 is 27.6 Å². The lowest BCUT2D eigenvalue weighted by molar-refractivity contribution is 0.0691. The second-order valence-corrected chi connectivity index (χ2v) is 9.69. The maximum Gasteiger partial charge on any atom is 0.355 e. The number of primary sulfonamides is 1. The summed E-state index contributed by atoms with van der Waals surface area (Å²) in [4.78, 5) is 15.3. The SMILES string of the molecule is CCOc1c(Cc2ccc(S(N)(=O)=O)cc2)c(-c2ccc(F)c(F)c2)nn1-c1nc(C(=O)O)cs1. The van der Waals surface area contributed by atoms with Crippen LogP contribution in [0.3, 0.4) is 0 Å². The van der Waals surface area contributed by atoms with Crippen LogP contribution in [0.25, 0.3) is 16.4 Å². The van der Waals surface area contributed by atoms with E-state index in [1.165, 1.54) is 28.3 Å². The summed E-state index contributed by atoms with van der Waals surface area (Å²) in [6.45, 7) is 1.96. The molecule has 4 aromatic rings. The number of thiazole rings is 1. The van der Waals surface area contributed by atoms with E-state index in [-0.39, 0.29) is 45.9 Å². The Morgan fingerprint density at radius 1 is 1.17 bits per heavy atom. The number of aromatic nitrogens is 3. The fourth-order valence-electron chi connectivity index (χ4n) is 3.35. The Morgan fingerprint density at radius 2 is 1.89 bits per heavy atom. The number of carboxylic acid groups (broad SMARTS) is 1. The smallest absolute Gasteiger partial charge is 0.355 e. The molecule has 0 aliphatic rings. The van der Waals surface area contributed by atoms with Crippen molar-refractivity contribution in [3.8, 4) is 22.3 Å². The van der Waals surface area contributed by atoms with Gasteiger partial charge in [-0.05, 0) is 42.8 Å². The molecule has 2 aromatic carbocycles. The van der Waals surface area contributed by atoms with Gasteiger partial charge in [0.2, 0.25) is 21.0 Å². The molecule has 0 saturated carbocycles. The number of nitrogens with zero attached hydrogens (tertiary/aromatic N) is 3. The van der Waals surface area contributed by atoms with Crippen LogP contribution in [0.5, 0.6) is 5.88 Å². The van der Waals surface area contributed by atoms with Gasteiger partial charge in [-0.25, -0.2) is 32.1 Å². The summed E-state index contributed by atoms with van der Waals surface area (Å²) in [5.41, 5.74) is 1.47. The quantitative estimate of drug-likeness (QED) is 0.362. The zero-order chi connectivity index (χ0) is 25.3. The molecule has 0 saturated heterocycles. The molecule has 2 heterocycles. The van der Waals surface area contributed by atoms with Crippen molar-refractivity contribution in [1.82, 2.24) is 14.8 Å². The first kappa shape index (κ1) is 24.4. The highest BCUT2D eigenvalue weighted by molar-refractivity contribution is 7.89. The Labute approximate surface area is 202 Å². The summed E-state index contributed by atoms with van der Waals surface area (Å²) in [5, 5.41) is 20.5. The lowest BCUT2D eigenvalue weighted by Gasteiger charge is -2.09. The third kappa shape index (κ3) is 5.06. The number of carboxylic acids is 1. The molecular weight excluding hydrogens is 502 g/mol. The van der Waals surface area contributed by atoms with Crippen molar-refractivity contribution in [2.75, 3.05) is 6.61 Å². The molecule has 0 spiro atoms. The van der Waals surface area contributed by atoms with Crippen LogP contribution < -0.4 is 9.88 Å². The monoisotopic (exact) mass is 520 g/mol. The first-order valence-electron chi connectivity index (χ1n) is 10.1. The third-order valence-electron chi connectivity index (χ3n) is 4.94. The average molecular weight is 521 g/mol. The summed E-state index contributed by atoms with van der Waals surface area (Å²) < 4.78 is 58.0. The van der Waals surface area contributed by atoms with Gasteiger partial charge in [0.05, 0.1) is 11.5 Å². The van der Waals surface area contributed by atoms with Crippen molar-refractivity contribution < 1.29 is 31.8 Å². The number of aromatic carboxylic acids is 1. The van der Waals surface area contributed by atoms with Gasteiger partial charge in [-0.1, -0.05) is 12.1 Å². The second-order valence-electron chi connectivity index (χ2n) is 7.29. The number of hydrogen-bond donors (Lipinski definition) is 2. The second kappa shape index (κ2) is 9.52. The number of carbonyl (C=O) groups is 1. The molecule has 182 valence electrons. The van der Waals surface area contributed by atoms with Crippen LogP contribution in [-0.2, 0) is 16.4 Å².